The third-order valence-corrected chi connectivity index (χ3v) is 4.33. The minimum Gasteiger partial charge on any atom is -0.494 e. The molecule has 0 aliphatic carbocycles. The zero-order chi connectivity index (χ0) is 16.4. The molecular formula is C17H20N2O4. The van der Waals surface area contributed by atoms with Crippen molar-refractivity contribution < 1.29 is 19.1 Å². The number of imide groups is 1. The average Bonchev–Trinajstić information content (AvgIpc) is 2.84. The Kier molecular flexibility index (Phi) is 4.43. The van der Waals surface area contributed by atoms with Crippen LogP contribution in [-0.4, -0.2) is 48.2 Å². The number of carbonyl (C=O) groups excluding carboxylic acids is 3. The molecule has 0 saturated carbocycles. The van der Waals surface area contributed by atoms with Crippen LogP contribution in [0.1, 0.15) is 26.2 Å². The third-order valence-electron chi connectivity index (χ3n) is 4.33. The van der Waals surface area contributed by atoms with E-state index in [1.807, 2.05) is 11.8 Å². The Morgan fingerprint density at radius 3 is 2.35 bits per heavy atom. The molecule has 1 aromatic rings. The summed E-state index contributed by atoms with van der Waals surface area (Å²) in [7, 11) is 0. The molecule has 0 bridgehead atoms. The Bertz CT molecular complexity index is 616. The van der Waals surface area contributed by atoms with E-state index in [1.165, 1.54) is 4.90 Å². The highest BCUT2D eigenvalue weighted by Crippen LogP contribution is 2.28. The van der Waals surface area contributed by atoms with Crippen LogP contribution in [0.3, 0.4) is 0 Å². The molecule has 2 aliphatic heterocycles. The first-order valence-electron chi connectivity index (χ1n) is 7.95. The number of hydrogen-bond acceptors (Lipinski definition) is 5. The van der Waals surface area contributed by atoms with Gasteiger partial charge in [-0.05, 0) is 31.2 Å². The number of benzene rings is 1. The van der Waals surface area contributed by atoms with Gasteiger partial charge < -0.3 is 4.74 Å². The van der Waals surface area contributed by atoms with Crippen LogP contribution in [0.25, 0.3) is 0 Å². The van der Waals surface area contributed by atoms with Gasteiger partial charge in [0.15, 0.2) is 0 Å². The second kappa shape index (κ2) is 6.50. The summed E-state index contributed by atoms with van der Waals surface area (Å²) < 4.78 is 5.37. The molecule has 2 fully saturated rings. The molecule has 0 radical (unpaired) electrons. The molecule has 2 amide bonds. The molecule has 1 atom stereocenters. The van der Waals surface area contributed by atoms with Crippen molar-refractivity contribution in [3.05, 3.63) is 24.3 Å². The van der Waals surface area contributed by atoms with E-state index in [0.717, 1.165) is 0 Å². The number of anilines is 1. The van der Waals surface area contributed by atoms with Gasteiger partial charge in [-0.2, -0.15) is 0 Å². The van der Waals surface area contributed by atoms with Crippen molar-refractivity contribution in [1.82, 2.24) is 4.90 Å². The second-order valence-corrected chi connectivity index (χ2v) is 5.79. The quantitative estimate of drug-likeness (QED) is 0.785. The van der Waals surface area contributed by atoms with Crippen molar-refractivity contribution in [2.24, 2.45) is 0 Å². The first kappa shape index (κ1) is 15.7. The van der Waals surface area contributed by atoms with E-state index in [9.17, 15) is 14.4 Å². The molecular weight excluding hydrogens is 296 g/mol. The standard InChI is InChI=1S/C17H20N2O4/c1-2-23-14-5-3-12(4-6-14)19-16(21)11-15(17(19)22)18-9-7-13(20)8-10-18/h3-6,15H,2,7-11H2,1H3. The molecule has 2 saturated heterocycles. The smallest absolute Gasteiger partial charge is 0.251 e. The van der Waals surface area contributed by atoms with Crippen molar-refractivity contribution in [3.63, 3.8) is 0 Å². The Labute approximate surface area is 135 Å². The molecule has 1 aromatic carbocycles. The summed E-state index contributed by atoms with van der Waals surface area (Å²) in [5, 5.41) is 0. The van der Waals surface area contributed by atoms with Crippen molar-refractivity contribution in [3.8, 4) is 5.75 Å². The molecule has 2 heterocycles. The number of rotatable bonds is 4. The van der Waals surface area contributed by atoms with Crippen LogP contribution in [-0.2, 0) is 14.4 Å². The number of Topliss-reactive ketones (excluding diaryl/α,β-unsaturated/α-hetero) is 1. The van der Waals surface area contributed by atoms with Gasteiger partial charge in [0.25, 0.3) is 5.91 Å². The van der Waals surface area contributed by atoms with Gasteiger partial charge in [-0.15, -0.1) is 0 Å². The van der Waals surface area contributed by atoms with Gasteiger partial charge in [0.05, 0.1) is 24.8 Å². The normalized spacial score (nSPS) is 22.7. The average molecular weight is 316 g/mol. The minimum atomic E-state index is -0.442. The highest BCUT2D eigenvalue weighted by Gasteiger charge is 2.43. The largest absolute Gasteiger partial charge is 0.494 e. The Morgan fingerprint density at radius 1 is 1.09 bits per heavy atom. The molecule has 0 spiro atoms. The van der Waals surface area contributed by atoms with E-state index in [4.69, 9.17) is 4.74 Å². The van der Waals surface area contributed by atoms with E-state index < -0.39 is 6.04 Å². The van der Waals surface area contributed by atoms with Crippen LogP contribution in [0.5, 0.6) is 5.75 Å². The van der Waals surface area contributed by atoms with Crippen LogP contribution >= 0.6 is 0 Å². The van der Waals surface area contributed by atoms with Gasteiger partial charge in [0.1, 0.15) is 11.5 Å². The zero-order valence-electron chi connectivity index (χ0n) is 13.2. The maximum absolute atomic E-state index is 12.7. The molecule has 0 aromatic heterocycles. The van der Waals surface area contributed by atoms with Crippen LogP contribution in [0.15, 0.2) is 24.3 Å². The molecule has 23 heavy (non-hydrogen) atoms. The fourth-order valence-electron chi connectivity index (χ4n) is 3.12. The highest BCUT2D eigenvalue weighted by atomic mass is 16.5. The maximum Gasteiger partial charge on any atom is 0.251 e. The summed E-state index contributed by atoms with van der Waals surface area (Å²) >= 11 is 0. The fourth-order valence-corrected chi connectivity index (χ4v) is 3.12. The van der Waals surface area contributed by atoms with Crippen molar-refractivity contribution in [2.45, 2.75) is 32.2 Å². The number of hydrogen-bond donors (Lipinski definition) is 0. The molecule has 122 valence electrons. The van der Waals surface area contributed by atoms with Crippen LogP contribution in [0, 0.1) is 0 Å². The molecule has 6 nitrogen and oxygen atoms in total. The number of ketones is 1. The number of piperidine rings is 1. The number of ether oxygens (including phenoxy) is 1. The van der Waals surface area contributed by atoms with E-state index in [2.05, 4.69) is 0 Å². The predicted molar refractivity (Wildman–Crippen MR) is 84.3 cm³/mol. The summed E-state index contributed by atoms with van der Waals surface area (Å²) in [5.41, 5.74) is 0.569. The SMILES string of the molecule is CCOc1ccc(N2C(=O)CC(N3CCC(=O)CC3)C2=O)cc1. The lowest BCUT2D eigenvalue weighted by Gasteiger charge is -2.29. The molecule has 2 aliphatic rings. The number of carbonyl (C=O) groups is 3. The lowest BCUT2D eigenvalue weighted by molar-refractivity contribution is -0.127. The third kappa shape index (κ3) is 3.12. The van der Waals surface area contributed by atoms with E-state index in [0.29, 0.717) is 44.0 Å². The fraction of sp³-hybridized carbons (Fsp3) is 0.471. The first-order valence-corrected chi connectivity index (χ1v) is 7.95. The van der Waals surface area contributed by atoms with Gasteiger partial charge in [-0.1, -0.05) is 0 Å². The van der Waals surface area contributed by atoms with Crippen molar-refractivity contribution >= 4 is 23.3 Å². The number of likely N-dealkylation sites (tertiary alicyclic amines) is 1. The van der Waals surface area contributed by atoms with Crippen LogP contribution in [0.4, 0.5) is 5.69 Å². The molecule has 1 unspecified atom stereocenters. The van der Waals surface area contributed by atoms with E-state index in [1.54, 1.807) is 24.3 Å². The van der Waals surface area contributed by atoms with Gasteiger partial charge in [-0.3, -0.25) is 19.3 Å². The highest BCUT2D eigenvalue weighted by molar-refractivity contribution is 6.22. The Balaban J connectivity index is 1.74. The van der Waals surface area contributed by atoms with E-state index >= 15 is 0 Å². The van der Waals surface area contributed by atoms with Crippen LogP contribution < -0.4 is 9.64 Å². The lowest BCUT2D eigenvalue weighted by atomic mass is 10.1. The van der Waals surface area contributed by atoms with Gasteiger partial charge >= 0.3 is 0 Å². The summed E-state index contributed by atoms with van der Waals surface area (Å²) in [6.45, 7) is 3.57. The van der Waals surface area contributed by atoms with Gasteiger partial charge in [-0.25, -0.2) is 4.90 Å². The number of amides is 2. The molecule has 6 heteroatoms. The monoisotopic (exact) mass is 316 g/mol. The first-order chi connectivity index (χ1) is 11.1. The van der Waals surface area contributed by atoms with Crippen LogP contribution in [0.2, 0.25) is 0 Å². The van der Waals surface area contributed by atoms with Crippen molar-refractivity contribution in [1.29, 1.82) is 0 Å². The topological polar surface area (TPSA) is 66.9 Å². The van der Waals surface area contributed by atoms with Crippen molar-refractivity contribution in [2.75, 3.05) is 24.6 Å². The molecule has 3 rings (SSSR count). The zero-order valence-corrected chi connectivity index (χ0v) is 13.2. The second-order valence-electron chi connectivity index (χ2n) is 5.79. The summed E-state index contributed by atoms with van der Waals surface area (Å²) in [4.78, 5) is 39.5. The summed E-state index contributed by atoms with van der Waals surface area (Å²) in [5.74, 6) is 0.539. The minimum absolute atomic E-state index is 0.181. The van der Waals surface area contributed by atoms with Gasteiger partial charge in [0, 0.05) is 25.9 Å². The Hall–Kier alpha value is -2.21. The molecule has 0 N–H and O–H groups in total. The van der Waals surface area contributed by atoms with E-state index in [-0.39, 0.29) is 24.0 Å². The predicted octanol–water partition coefficient (Wildman–Crippen LogP) is 1.38. The maximum atomic E-state index is 12.7. The summed E-state index contributed by atoms with van der Waals surface area (Å²) in [6, 6.07) is 6.52. The lowest BCUT2D eigenvalue weighted by Crippen LogP contribution is -2.46. The Morgan fingerprint density at radius 2 is 1.74 bits per heavy atom. The number of nitrogens with zero attached hydrogens (tertiary/aromatic N) is 2. The van der Waals surface area contributed by atoms with Gasteiger partial charge in [0.2, 0.25) is 5.91 Å². The summed E-state index contributed by atoms with van der Waals surface area (Å²) in [6.07, 6.45) is 1.10.